The SMILES string of the molecule is CC1(C)CC(=O)c2c(O)cc(OCC(=O)NC(Cc3ccccc3)C(=O)O)cc2O1. The van der Waals surface area contributed by atoms with Crippen molar-refractivity contribution in [1.82, 2.24) is 5.32 Å². The van der Waals surface area contributed by atoms with Crippen LogP contribution in [0.3, 0.4) is 0 Å². The minimum Gasteiger partial charge on any atom is -0.507 e. The average Bonchev–Trinajstić information content (AvgIpc) is 2.65. The van der Waals surface area contributed by atoms with Crippen LogP contribution >= 0.6 is 0 Å². The third-order valence-corrected chi connectivity index (χ3v) is 4.59. The molecule has 0 saturated heterocycles. The molecule has 1 aliphatic heterocycles. The number of fused-ring (bicyclic) bond motifs is 1. The fourth-order valence-electron chi connectivity index (χ4n) is 3.26. The van der Waals surface area contributed by atoms with Crippen molar-refractivity contribution < 1.29 is 34.1 Å². The summed E-state index contributed by atoms with van der Waals surface area (Å²) in [5.41, 5.74) is 0.133. The minimum absolute atomic E-state index is 0.0833. The summed E-state index contributed by atoms with van der Waals surface area (Å²) >= 11 is 0. The molecule has 158 valence electrons. The summed E-state index contributed by atoms with van der Waals surface area (Å²) in [4.78, 5) is 35.9. The van der Waals surface area contributed by atoms with E-state index in [-0.39, 0.29) is 41.4 Å². The van der Waals surface area contributed by atoms with Gasteiger partial charge in [-0.25, -0.2) is 4.79 Å². The Labute approximate surface area is 173 Å². The van der Waals surface area contributed by atoms with Crippen molar-refractivity contribution in [2.24, 2.45) is 0 Å². The van der Waals surface area contributed by atoms with Crippen molar-refractivity contribution >= 4 is 17.7 Å². The normalized spacial score (nSPS) is 15.5. The van der Waals surface area contributed by atoms with Gasteiger partial charge in [0.1, 0.15) is 34.5 Å². The van der Waals surface area contributed by atoms with Crippen molar-refractivity contribution in [3.05, 3.63) is 53.6 Å². The van der Waals surface area contributed by atoms with E-state index in [0.29, 0.717) is 0 Å². The number of ether oxygens (including phenoxy) is 2. The molecule has 0 aliphatic carbocycles. The standard InChI is InChI=1S/C22H23NO7/c1-22(2)11-17(25)20-16(24)9-14(10-18(20)30-22)29-12-19(26)23-15(21(27)28)8-13-6-4-3-5-7-13/h3-7,9-10,15,24H,8,11-12H2,1-2H3,(H,23,26)(H,27,28). The van der Waals surface area contributed by atoms with Gasteiger partial charge in [-0.15, -0.1) is 0 Å². The Hall–Kier alpha value is -3.55. The van der Waals surface area contributed by atoms with Crippen molar-refractivity contribution in [2.45, 2.75) is 38.3 Å². The first kappa shape index (κ1) is 21.2. The van der Waals surface area contributed by atoms with Crippen molar-refractivity contribution in [3.8, 4) is 17.2 Å². The summed E-state index contributed by atoms with van der Waals surface area (Å²) < 4.78 is 11.1. The lowest BCUT2D eigenvalue weighted by Crippen LogP contribution is -2.44. The highest BCUT2D eigenvalue weighted by Gasteiger charge is 2.35. The maximum absolute atomic E-state index is 12.2. The molecule has 30 heavy (non-hydrogen) atoms. The number of Topliss-reactive ketones (excluding diaryl/α,β-unsaturated/α-hetero) is 1. The van der Waals surface area contributed by atoms with Crippen molar-refractivity contribution in [2.75, 3.05) is 6.61 Å². The number of carboxylic acids is 1. The van der Waals surface area contributed by atoms with Crippen LogP contribution in [0.25, 0.3) is 0 Å². The number of phenolic OH excluding ortho intramolecular Hbond substituents is 1. The molecule has 1 atom stereocenters. The quantitative estimate of drug-likeness (QED) is 0.637. The molecule has 0 aromatic heterocycles. The van der Waals surface area contributed by atoms with Crippen LogP contribution in [0, 0.1) is 0 Å². The van der Waals surface area contributed by atoms with Gasteiger partial charge < -0.3 is 25.0 Å². The van der Waals surface area contributed by atoms with E-state index in [4.69, 9.17) is 9.47 Å². The third kappa shape index (κ3) is 5.08. The first-order valence-electron chi connectivity index (χ1n) is 9.43. The second-order valence-electron chi connectivity index (χ2n) is 7.71. The highest BCUT2D eigenvalue weighted by molar-refractivity contribution is 6.03. The Morgan fingerprint density at radius 1 is 1.23 bits per heavy atom. The van der Waals surface area contributed by atoms with Gasteiger partial charge in [0, 0.05) is 18.6 Å². The number of carboxylic acid groups (broad SMARTS) is 1. The molecule has 1 amide bonds. The molecule has 8 heteroatoms. The van der Waals surface area contributed by atoms with Crippen LogP contribution < -0.4 is 14.8 Å². The van der Waals surface area contributed by atoms with E-state index < -0.39 is 30.1 Å². The summed E-state index contributed by atoms with van der Waals surface area (Å²) in [5.74, 6) is -2.02. The lowest BCUT2D eigenvalue weighted by Gasteiger charge is -2.32. The largest absolute Gasteiger partial charge is 0.507 e. The molecule has 0 saturated carbocycles. The van der Waals surface area contributed by atoms with Crippen LogP contribution in [0.4, 0.5) is 0 Å². The van der Waals surface area contributed by atoms with Gasteiger partial charge in [-0.3, -0.25) is 9.59 Å². The van der Waals surface area contributed by atoms with Gasteiger partial charge in [-0.05, 0) is 19.4 Å². The number of hydrogen-bond acceptors (Lipinski definition) is 6. The number of aromatic hydroxyl groups is 1. The van der Waals surface area contributed by atoms with E-state index in [2.05, 4.69) is 5.32 Å². The Balaban J connectivity index is 1.65. The molecule has 1 unspecified atom stereocenters. The zero-order valence-electron chi connectivity index (χ0n) is 16.7. The highest BCUT2D eigenvalue weighted by Crippen LogP contribution is 2.40. The molecule has 3 rings (SSSR count). The number of aliphatic carboxylic acids is 1. The smallest absolute Gasteiger partial charge is 0.326 e. The molecule has 3 N–H and O–H groups in total. The number of carbonyl (C=O) groups excluding carboxylic acids is 2. The van der Waals surface area contributed by atoms with E-state index in [1.807, 2.05) is 6.07 Å². The van der Waals surface area contributed by atoms with Gasteiger partial charge in [0.05, 0.1) is 6.42 Å². The van der Waals surface area contributed by atoms with Crippen molar-refractivity contribution in [1.29, 1.82) is 0 Å². The molecule has 0 spiro atoms. The van der Waals surface area contributed by atoms with E-state index in [9.17, 15) is 24.6 Å². The number of nitrogens with one attached hydrogen (secondary N) is 1. The summed E-state index contributed by atoms with van der Waals surface area (Å²) in [6, 6.07) is 10.5. The average molecular weight is 413 g/mol. The fraction of sp³-hybridized carbons (Fsp3) is 0.318. The Bertz CT molecular complexity index is 969. The second-order valence-corrected chi connectivity index (χ2v) is 7.71. The van der Waals surface area contributed by atoms with E-state index in [1.54, 1.807) is 38.1 Å². The van der Waals surface area contributed by atoms with Crippen LogP contribution in [0.15, 0.2) is 42.5 Å². The molecular weight excluding hydrogens is 390 g/mol. The fourth-order valence-corrected chi connectivity index (χ4v) is 3.26. The number of hydrogen-bond donors (Lipinski definition) is 3. The lowest BCUT2D eigenvalue weighted by molar-refractivity contribution is -0.142. The first-order valence-corrected chi connectivity index (χ1v) is 9.43. The number of benzene rings is 2. The summed E-state index contributed by atoms with van der Waals surface area (Å²) in [6.07, 6.45) is 0.265. The Morgan fingerprint density at radius 2 is 1.93 bits per heavy atom. The number of rotatable bonds is 7. The molecular formula is C22H23NO7. The summed E-state index contributed by atoms with van der Waals surface area (Å²) in [7, 11) is 0. The maximum Gasteiger partial charge on any atom is 0.326 e. The first-order chi connectivity index (χ1) is 14.1. The maximum atomic E-state index is 12.2. The zero-order chi connectivity index (χ0) is 21.9. The van der Waals surface area contributed by atoms with E-state index >= 15 is 0 Å². The van der Waals surface area contributed by atoms with Gasteiger partial charge >= 0.3 is 5.97 Å². The summed E-state index contributed by atoms with van der Waals surface area (Å²) in [5, 5.41) is 22.0. The molecule has 2 aromatic carbocycles. The molecule has 0 fully saturated rings. The number of ketones is 1. The van der Waals surface area contributed by atoms with E-state index in [1.165, 1.54) is 12.1 Å². The topological polar surface area (TPSA) is 122 Å². The number of carbonyl (C=O) groups is 3. The zero-order valence-corrected chi connectivity index (χ0v) is 16.7. The lowest BCUT2D eigenvalue weighted by atomic mass is 9.92. The Morgan fingerprint density at radius 3 is 2.60 bits per heavy atom. The third-order valence-electron chi connectivity index (χ3n) is 4.59. The van der Waals surface area contributed by atoms with Crippen molar-refractivity contribution in [3.63, 3.8) is 0 Å². The monoisotopic (exact) mass is 413 g/mol. The van der Waals surface area contributed by atoms with Crippen LogP contribution in [0.1, 0.15) is 36.2 Å². The molecule has 8 nitrogen and oxygen atoms in total. The molecule has 1 aliphatic rings. The molecule has 1 heterocycles. The molecule has 0 bridgehead atoms. The van der Waals surface area contributed by atoms with Gasteiger partial charge in [-0.2, -0.15) is 0 Å². The number of amides is 1. The minimum atomic E-state index is -1.16. The van der Waals surface area contributed by atoms with Crippen LogP contribution in [-0.2, 0) is 16.0 Å². The second kappa shape index (κ2) is 8.44. The predicted octanol–water partition coefficient (Wildman–Crippen LogP) is 2.33. The molecule has 0 radical (unpaired) electrons. The predicted molar refractivity (Wildman–Crippen MR) is 107 cm³/mol. The summed E-state index contributed by atoms with van der Waals surface area (Å²) in [6.45, 7) is 3.05. The van der Waals surface area contributed by atoms with Gasteiger partial charge in [-0.1, -0.05) is 30.3 Å². The van der Waals surface area contributed by atoms with Gasteiger partial charge in [0.25, 0.3) is 5.91 Å². The Kier molecular flexibility index (Phi) is 5.96. The molecule has 2 aromatic rings. The number of phenols is 1. The van der Waals surface area contributed by atoms with E-state index in [0.717, 1.165) is 5.56 Å². The van der Waals surface area contributed by atoms with Crippen LogP contribution in [0.2, 0.25) is 0 Å². The van der Waals surface area contributed by atoms with Crippen LogP contribution in [0.5, 0.6) is 17.2 Å². The van der Waals surface area contributed by atoms with Gasteiger partial charge in [0.15, 0.2) is 12.4 Å². The van der Waals surface area contributed by atoms with Crippen LogP contribution in [-0.4, -0.2) is 46.1 Å². The highest BCUT2D eigenvalue weighted by atomic mass is 16.5. The van der Waals surface area contributed by atoms with Gasteiger partial charge in [0.2, 0.25) is 0 Å².